The van der Waals surface area contributed by atoms with E-state index in [9.17, 15) is 4.39 Å². The van der Waals surface area contributed by atoms with Crippen molar-refractivity contribution in [1.82, 2.24) is 14.8 Å². The lowest BCUT2D eigenvalue weighted by Gasteiger charge is -2.08. The molecule has 0 saturated carbocycles. The summed E-state index contributed by atoms with van der Waals surface area (Å²) in [6, 6.07) is 6.34. The normalized spacial score (nSPS) is 11.0. The average molecular weight is 305 g/mol. The summed E-state index contributed by atoms with van der Waals surface area (Å²) in [7, 11) is 1.87. The van der Waals surface area contributed by atoms with Crippen LogP contribution in [0.5, 0.6) is 0 Å². The fourth-order valence-electron chi connectivity index (χ4n) is 2.28. The second kappa shape index (κ2) is 5.33. The number of benzene rings is 1. The van der Waals surface area contributed by atoms with Gasteiger partial charge >= 0.3 is 0 Å². The number of fused-ring (bicyclic) bond motifs is 1. The van der Waals surface area contributed by atoms with Crippen LogP contribution in [-0.4, -0.2) is 14.8 Å². The van der Waals surface area contributed by atoms with Crippen LogP contribution in [0.1, 0.15) is 11.3 Å². The Kier molecular flexibility index (Phi) is 3.51. The van der Waals surface area contributed by atoms with Gasteiger partial charge in [0, 0.05) is 25.2 Å². The van der Waals surface area contributed by atoms with Crippen LogP contribution in [0, 0.1) is 12.7 Å². The number of aryl methyl sites for hydroxylation is 2. The molecule has 0 saturated heterocycles. The topological polar surface area (TPSA) is 42.7 Å². The maximum atomic E-state index is 13.0. The van der Waals surface area contributed by atoms with Crippen molar-refractivity contribution in [3.8, 4) is 0 Å². The third-order valence-corrected chi connectivity index (χ3v) is 3.65. The molecule has 4 nitrogen and oxygen atoms in total. The van der Waals surface area contributed by atoms with Gasteiger partial charge in [0.1, 0.15) is 5.82 Å². The van der Waals surface area contributed by atoms with Crippen LogP contribution in [0.4, 0.5) is 10.1 Å². The molecule has 21 heavy (non-hydrogen) atoms. The predicted molar refractivity (Wildman–Crippen MR) is 82.0 cm³/mol. The SMILES string of the molecule is Cc1nn(C)c2ncc(CNc3ccc(F)cc3Cl)cc12. The van der Waals surface area contributed by atoms with Crippen molar-refractivity contribution in [2.45, 2.75) is 13.5 Å². The van der Waals surface area contributed by atoms with Gasteiger partial charge in [0.2, 0.25) is 0 Å². The molecule has 1 N–H and O–H groups in total. The third kappa shape index (κ3) is 2.69. The summed E-state index contributed by atoms with van der Waals surface area (Å²) in [5, 5.41) is 8.92. The summed E-state index contributed by atoms with van der Waals surface area (Å²) in [6.07, 6.45) is 1.80. The number of rotatable bonds is 3. The molecule has 0 aliphatic rings. The fraction of sp³-hybridized carbons (Fsp3) is 0.200. The molecule has 0 aliphatic carbocycles. The number of halogens is 2. The van der Waals surface area contributed by atoms with Gasteiger partial charge in [-0.25, -0.2) is 9.37 Å². The Balaban J connectivity index is 1.83. The van der Waals surface area contributed by atoms with Crippen molar-refractivity contribution in [3.05, 3.63) is 52.6 Å². The van der Waals surface area contributed by atoms with Crippen LogP contribution < -0.4 is 5.32 Å². The Morgan fingerprint density at radius 3 is 2.90 bits per heavy atom. The fourth-order valence-corrected chi connectivity index (χ4v) is 2.51. The first-order valence-electron chi connectivity index (χ1n) is 6.52. The van der Waals surface area contributed by atoms with Gasteiger partial charge in [0.05, 0.1) is 16.4 Å². The smallest absolute Gasteiger partial charge is 0.157 e. The molecule has 0 spiro atoms. The van der Waals surface area contributed by atoms with Crippen molar-refractivity contribution in [2.75, 3.05) is 5.32 Å². The maximum Gasteiger partial charge on any atom is 0.157 e. The van der Waals surface area contributed by atoms with Crippen LogP contribution in [0.15, 0.2) is 30.5 Å². The first-order chi connectivity index (χ1) is 10.0. The van der Waals surface area contributed by atoms with Crippen molar-refractivity contribution >= 4 is 28.3 Å². The number of pyridine rings is 1. The maximum absolute atomic E-state index is 13.0. The van der Waals surface area contributed by atoms with Gasteiger partial charge in [0.15, 0.2) is 5.65 Å². The molecule has 1 aromatic carbocycles. The molecule has 0 bridgehead atoms. The van der Waals surface area contributed by atoms with Crippen molar-refractivity contribution in [3.63, 3.8) is 0 Å². The summed E-state index contributed by atoms with van der Waals surface area (Å²) >= 11 is 5.99. The molecule has 3 rings (SSSR count). The van der Waals surface area contributed by atoms with Crippen molar-refractivity contribution in [1.29, 1.82) is 0 Å². The molecule has 3 aromatic rings. The van der Waals surface area contributed by atoms with Crippen LogP contribution in [0.25, 0.3) is 11.0 Å². The minimum absolute atomic E-state index is 0.348. The van der Waals surface area contributed by atoms with Crippen LogP contribution in [-0.2, 0) is 13.6 Å². The molecule has 0 radical (unpaired) electrons. The van der Waals surface area contributed by atoms with E-state index >= 15 is 0 Å². The van der Waals surface area contributed by atoms with Crippen LogP contribution >= 0.6 is 11.6 Å². The minimum atomic E-state index is -0.348. The number of hydrogen-bond donors (Lipinski definition) is 1. The summed E-state index contributed by atoms with van der Waals surface area (Å²) in [5.74, 6) is -0.348. The number of aromatic nitrogens is 3. The van der Waals surface area contributed by atoms with Gasteiger partial charge in [-0.2, -0.15) is 5.10 Å². The van der Waals surface area contributed by atoms with Gasteiger partial charge in [0.25, 0.3) is 0 Å². The van der Waals surface area contributed by atoms with E-state index in [0.717, 1.165) is 22.3 Å². The summed E-state index contributed by atoms with van der Waals surface area (Å²) in [4.78, 5) is 4.42. The lowest BCUT2D eigenvalue weighted by Crippen LogP contribution is -2.01. The second-order valence-corrected chi connectivity index (χ2v) is 5.31. The molecule has 108 valence electrons. The quantitative estimate of drug-likeness (QED) is 0.802. The number of hydrogen-bond acceptors (Lipinski definition) is 3. The summed E-state index contributed by atoms with van der Waals surface area (Å²) in [6.45, 7) is 2.51. The van der Waals surface area contributed by atoms with E-state index in [-0.39, 0.29) is 5.82 Å². The molecule has 2 heterocycles. The lowest BCUT2D eigenvalue weighted by molar-refractivity contribution is 0.628. The molecular weight excluding hydrogens is 291 g/mol. The number of anilines is 1. The van der Waals surface area contributed by atoms with E-state index in [1.807, 2.05) is 14.0 Å². The Labute approximate surface area is 126 Å². The van der Waals surface area contributed by atoms with Gasteiger partial charge in [-0.05, 0) is 36.8 Å². The molecule has 2 aromatic heterocycles. The highest BCUT2D eigenvalue weighted by molar-refractivity contribution is 6.33. The lowest BCUT2D eigenvalue weighted by atomic mass is 10.2. The average Bonchev–Trinajstić information content (AvgIpc) is 2.73. The summed E-state index contributed by atoms with van der Waals surface area (Å²) in [5.41, 5.74) is 3.51. The Hall–Kier alpha value is -2.14. The molecule has 0 unspecified atom stereocenters. The zero-order valence-electron chi connectivity index (χ0n) is 11.7. The second-order valence-electron chi connectivity index (χ2n) is 4.90. The van der Waals surface area contributed by atoms with Crippen LogP contribution in [0.3, 0.4) is 0 Å². The highest BCUT2D eigenvalue weighted by atomic mass is 35.5. The molecule has 0 aliphatic heterocycles. The molecular formula is C15H14ClFN4. The highest BCUT2D eigenvalue weighted by Crippen LogP contribution is 2.23. The van der Waals surface area contributed by atoms with E-state index in [4.69, 9.17) is 11.6 Å². The van der Waals surface area contributed by atoms with Crippen molar-refractivity contribution in [2.24, 2.45) is 7.05 Å². The molecule has 0 fully saturated rings. The Morgan fingerprint density at radius 2 is 2.14 bits per heavy atom. The first kappa shape index (κ1) is 13.8. The van der Waals surface area contributed by atoms with Gasteiger partial charge in [-0.3, -0.25) is 4.68 Å². The standard InChI is InChI=1S/C15H14ClFN4/c1-9-12-5-10(8-19-15(12)21(2)20-9)7-18-14-4-3-11(17)6-13(14)16/h3-6,8,18H,7H2,1-2H3. The number of nitrogens with zero attached hydrogens (tertiary/aromatic N) is 3. The summed E-state index contributed by atoms with van der Waals surface area (Å²) < 4.78 is 14.8. The largest absolute Gasteiger partial charge is 0.380 e. The zero-order chi connectivity index (χ0) is 15.0. The molecule has 6 heteroatoms. The third-order valence-electron chi connectivity index (χ3n) is 3.33. The molecule has 0 atom stereocenters. The zero-order valence-corrected chi connectivity index (χ0v) is 12.4. The van der Waals surface area contributed by atoms with E-state index in [1.54, 1.807) is 16.9 Å². The monoisotopic (exact) mass is 304 g/mol. The van der Waals surface area contributed by atoms with Gasteiger partial charge in [-0.15, -0.1) is 0 Å². The first-order valence-corrected chi connectivity index (χ1v) is 6.89. The van der Waals surface area contributed by atoms with E-state index in [1.165, 1.54) is 12.1 Å². The van der Waals surface area contributed by atoms with Gasteiger partial charge in [-0.1, -0.05) is 11.6 Å². The van der Waals surface area contributed by atoms with Crippen molar-refractivity contribution < 1.29 is 4.39 Å². The minimum Gasteiger partial charge on any atom is -0.380 e. The predicted octanol–water partition coefficient (Wildman–Crippen LogP) is 3.68. The Morgan fingerprint density at radius 1 is 1.33 bits per heavy atom. The van der Waals surface area contributed by atoms with Gasteiger partial charge < -0.3 is 5.32 Å². The number of nitrogens with one attached hydrogen (secondary N) is 1. The van der Waals surface area contributed by atoms with E-state index < -0.39 is 0 Å². The highest BCUT2D eigenvalue weighted by Gasteiger charge is 2.07. The Bertz CT molecular complexity index is 813. The molecule has 0 amide bonds. The van der Waals surface area contributed by atoms with E-state index in [2.05, 4.69) is 21.5 Å². The van der Waals surface area contributed by atoms with E-state index in [0.29, 0.717) is 17.3 Å². The van der Waals surface area contributed by atoms with Crippen LogP contribution in [0.2, 0.25) is 5.02 Å².